The maximum Gasteiger partial charge on any atom is 0.338 e. The molecule has 0 bridgehead atoms. The highest BCUT2D eigenvalue weighted by atomic mass is 32.2. The quantitative estimate of drug-likeness (QED) is 0.627. The molecule has 2 heterocycles. The van der Waals surface area contributed by atoms with Gasteiger partial charge < -0.3 is 9.64 Å². The average Bonchev–Trinajstić information content (AvgIpc) is 2.81. The summed E-state index contributed by atoms with van der Waals surface area (Å²) in [5.74, 6) is -0.103. The number of benzene rings is 2. The minimum absolute atomic E-state index is 0.0429. The van der Waals surface area contributed by atoms with E-state index < -0.39 is 16.0 Å². The second-order valence-electron chi connectivity index (χ2n) is 9.21. The summed E-state index contributed by atoms with van der Waals surface area (Å²) in [5, 5.41) is 0. The highest BCUT2D eigenvalue weighted by molar-refractivity contribution is 7.89. The molecule has 1 fully saturated rings. The summed E-state index contributed by atoms with van der Waals surface area (Å²) in [5.41, 5.74) is 2.26. The van der Waals surface area contributed by atoms with Crippen LogP contribution in [0.3, 0.4) is 0 Å². The van der Waals surface area contributed by atoms with Gasteiger partial charge in [-0.25, -0.2) is 13.2 Å². The summed E-state index contributed by atoms with van der Waals surface area (Å²) >= 11 is 0. The first kappa shape index (κ1) is 23.4. The predicted molar refractivity (Wildman–Crippen MR) is 124 cm³/mol. The van der Waals surface area contributed by atoms with Gasteiger partial charge in [0.1, 0.15) is 0 Å². The average molecular weight is 471 g/mol. The van der Waals surface area contributed by atoms with Gasteiger partial charge in [0.2, 0.25) is 10.0 Å². The summed E-state index contributed by atoms with van der Waals surface area (Å²) in [4.78, 5) is 26.9. The molecule has 0 aromatic heterocycles. The van der Waals surface area contributed by atoms with Crippen LogP contribution in [0.5, 0.6) is 0 Å². The number of hydrogen-bond donors (Lipinski definition) is 0. The van der Waals surface area contributed by atoms with Crippen LogP contribution in [0, 0.1) is 11.8 Å². The van der Waals surface area contributed by atoms with Crippen LogP contribution < -0.4 is 0 Å². The van der Waals surface area contributed by atoms with Crippen molar-refractivity contribution in [3.8, 4) is 0 Å². The van der Waals surface area contributed by atoms with Crippen molar-refractivity contribution < 1.29 is 22.7 Å². The molecule has 1 amide bonds. The van der Waals surface area contributed by atoms with E-state index in [9.17, 15) is 18.0 Å². The van der Waals surface area contributed by atoms with Gasteiger partial charge in [-0.2, -0.15) is 4.31 Å². The number of ether oxygens (including phenoxy) is 1. The van der Waals surface area contributed by atoms with E-state index >= 15 is 0 Å². The molecule has 2 aliphatic rings. The maximum atomic E-state index is 13.2. The van der Waals surface area contributed by atoms with E-state index in [1.165, 1.54) is 28.6 Å². The molecule has 0 spiro atoms. The van der Waals surface area contributed by atoms with Crippen LogP contribution in [0.4, 0.5) is 0 Å². The number of hydrogen-bond acceptors (Lipinski definition) is 5. The minimum Gasteiger partial charge on any atom is -0.452 e. The fourth-order valence-electron chi connectivity index (χ4n) is 4.78. The third-order valence-corrected chi connectivity index (χ3v) is 8.19. The molecule has 2 aromatic rings. The topological polar surface area (TPSA) is 84.0 Å². The summed E-state index contributed by atoms with van der Waals surface area (Å²) in [6, 6.07) is 13.6. The molecular weight excluding hydrogens is 440 g/mol. The Morgan fingerprint density at radius 1 is 1.00 bits per heavy atom. The number of fused-ring (bicyclic) bond motifs is 1. The monoisotopic (exact) mass is 470 g/mol. The number of rotatable bonds is 5. The standard InChI is InChI=1S/C25H30N2O5S/c1-18-12-19(2)15-26(14-18)24(28)17-32-25(29)21-8-5-9-23(13-21)33(30,31)27-11-10-20-6-3-4-7-22(20)16-27/h3-9,13,18-19H,10-12,14-17H2,1-2H3/t18-,19+. The van der Waals surface area contributed by atoms with E-state index in [0.717, 1.165) is 17.5 Å². The van der Waals surface area contributed by atoms with Gasteiger partial charge in [0, 0.05) is 26.2 Å². The molecule has 7 nitrogen and oxygen atoms in total. The van der Waals surface area contributed by atoms with Gasteiger partial charge in [-0.1, -0.05) is 44.2 Å². The molecule has 2 atom stereocenters. The summed E-state index contributed by atoms with van der Waals surface area (Å²) in [6.45, 7) is 5.87. The molecular formula is C25H30N2O5S. The molecule has 1 saturated heterocycles. The Bertz CT molecular complexity index is 1140. The summed E-state index contributed by atoms with van der Waals surface area (Å²) in [7, 11) is -3.77. The largest absolute Gasteiger partial charge is 0.452 e. The Kier molecular flexibility index (Phi) is 6.86. The van der Waals surface area contributed by atoms with E-state index in [0.29, 0.717) is 44.4 Å². The lowest BCUT2D eigenvalue weighted by Gasteiger charge is -2.34. The number of esters is 1. The fourth-order valence-corrected chi connectivity index (χ4v) is 6.24. The van der Waals surface area contributed by atoms with E-state index in [4.69, 9.17) is 4.74 Å². The number of piperidine rings is 1. The van der Waals surface area contributed by atoms with Crippen molar-refractivity contribution in [1.29, 1.82) is 0 Å². The van der Waals surface area contributed by atoms with Crippen LogP contribution in [0.2, 0.25) is 0 Å². The first-order valence-corrected chi connectivity index (χ1v) is 12.8. The van der Waals surface area contributed by atoms with Gasteiger partial charge in [-0.3, -0.25) is 4.79 Å². The Morgan fingerprint density at radius 2 is 1.70 bits per heavy atom. The fraction of sp³-hybridized carbons (Fsp3) is 0.440. The number of carbonyl (C=O) groups is 2. The second kappa shape index (κ2) is 9.65. The van der Waals surface area contributed by atoms with Gasteiger partial charge in [0.15, 0.2) is 6.61 Å². The zero-order valence-electron chi connectivity index (χ0n) is 19.1. The molecule has 0 radical (unpaired) electrons. The number of nitrogens with zero attached hydrogens (tertiary/aromatic N) is 2. The predicted octanol–water partition coefficient (Wildman–Crippen LogP) is 3.09. The van der Waals surface area contributed by atoms with Crippen LogP contribution in [0.25, 0.3) is 0 Å². The van der Waals surface area contributed by atoms with E-state index in [-0.39, 0.29) is 23.0 Å². The van der Waals surface area contributed by atoms with Crippen LogP contribution in [-0.2, 0) is 32.5 Å². The highest BCUT2D eigenvalue weighted by Crippen LogP contribution is 2.25. The van der Waals surface area contributed by atoms with Crippen molar-refractivity contribution in [3.05, 3.63) is 65.2 Å². The highest BCUT2D eigenvalue weighted by Gasteiger charge is 2.29. The van der Waals surface area contributed by atoms with Crippen molar-refractivity contribution in [2.75, 3.05) is 26.2 Å². The third-order valence-electron chi connectivity index (χ3n) is 6.35. The van der Waals surface area contributed by atoms with Crippen molar-refractivity contribution in [1.82, 2.24) is 9.21 Å². The Hall–Kier alpha value is -2.71. The van der Waals surface area contributed by atoms with Gasteiger partial charge >= 0.3 is 5.97 Å². The molecule has 0 N–H and O–H groups in total. The molecule has 0 saturated carbocycles. The van der Waals surface area contributed by atoms with Crippen LogP contribution in [0.1, 0.15) is 41.8 Å². The smallest absolute Gasteiger partial charge is 0.338 e. The molecule has 33 heavy (non-hydrogen) atoms. The van der Waals surface area contributed by atoms with Crippen molar-refractivity contribution >= 4 is 21.9 Å². The number of sulfonamides is 1. The normalized spacial score (nSPS) is 21.3. The third kappa shape index (κ3) is 5.28. The zero-order valence-corrected chi connectivity index (χ0v) is 19.9. The number of amides is 1. The van der Waals surface area contributed by atoms with E-state index in [1.54, 1.807) is 4.90 Å². The number of carbonyl (C=O) groups excluding carboxylic acids is 2. The first-order chi connectivity index (χ1) is 15.7. The second-order valence-corrected chi connectivity index (χ2v) is 11.1. The molecule has 0 unspecified atom stereocenters. The summed E-state index contributed by atoms with van der Waals surface area (Å²) in [6.07, 6.45) is 1.72. The lowest BCUT2D eigenvalue weighted by Crippen LogP contribution is -2.44. The van der Waals surface area contributed by atoms with Gasteiger partial charge in [0.05, 0.1) is 10.5 Å². The lowest BCUT2D eigenvalue weighted by molar-refractivity contribution is -0.137. The van der Waals surface area contributed by atoms with Crippen molar-refractivity contribution in [2.24, 2.45) is 11.8 Å². The van der Waals surface area contributed by atoms with Gasteiger partial charge in [0.25, 0.3) is 5.91 Å². The van der Waals surface area contributed by atoms with Crippen LogP contribution in [0.15, 0.2) is 53.4 Å². The molecule has 176 valence electrons. The Labute approximate surface area is 195 Å². The molecule has 2 aliphatic heterocycles. The van der Waals surface area contributed by atoms with Gasteiger partial charge in [-0.15, -0.1) is 0 Å². The van der Waals surface area contributed by atoms with Gasteiger partial charge in [-0.05, 0) is 54.0 Å². The Morgan fingerprint density at radius 3 is 2.42 bits per heavy atom. The molecule has 4 rings (SSSR count). The summed E-state index contributed by atoms with van der Waals surface area (Å²) < 4.78 is 33.1. The molecule has 0 aliphatic carbocycles. The lowest BCUT2D eigenvalue weighted by atomic mass is 9.92. The molecule has 2 aromatic carbocycles. The number of likely N-dealkylation sites (tertiary alicyclic amines) is 1. The zero-order chi connectivity index (χ0) is 23.6. The first-order valence-electron chi connectivity index (χ1n) is 11.4. The minimum atomic E-state index is -3.77. The molecule has 8 heteroatoms. The van der Waals surface area contributed by atoms with E-state index in [2.05, 4.69) is 13.8 Å². The van der Waals surface area contributed by atoms with Crippen molar-refractivity contribution in [2.45, 2.75) is 38.1 Å². The van der Waals surface area contributed by atoms with E-state index in [1.807, 2.05) is 24.3 Å². The van der Waals surface area contributed by atoms with Crippen molar-refractivity contribution in [3.63, 3.8) is 0 Å². The van der Waals surface area contributed by atoms with Crippen LogP contribution in [-0.4, -0.2) is 55.7 Å². The maximum absolute atomic E-state index is 13.2. The Balaban J connectivity index is 1.42. The SMILES string of the molecule is C[C@@H]1C[C@H](C)CN(C(=O)COC(=O)c2cccc(S(=O)(=O)N3CCc4ccccc4C3)c2)C1. The van der Waals surface area contributed by atoms with Crippen LogP contribution >= 0.6 is 0 Å².